The Morgan fingerprint density at radius 3 is 2.19 bits per heavy atom. The number of likely N-dealkylation sites (N-methyl/N-ethyl adjacent to an activating group) is 1. The van der Waals surface area contributed by atoms with Gasteiger partial charge in [-0.05, 0) is 51.9 Å². The van der Waals surface area contributed by atoms with Crippen molar-refractivity contribution in [3.05, 3.63) is 0 Å². The van der Waals surface area contributed by atoms with Gasteiger partial charge in [0.25, 0.3) is 0 Å². The normalized spacial score (nSPS) is 24.6. The zero-order chi connectivity index (χ0) is 15.1. The van der Waals surface area contributed by atoms with Crippen molar-refractivity contribution in [1.82, 2.24) is 20.0 Å². The van der Waals surface area contributed by atoms with Crippen molar-refractivity contribution >= 4 is 0 Å². The summed E-state index contributed by atoms with van der Waals surface area (Å²) in [5, 5.41) is 3.54. The molecule has 2 heterocycles. The summed E-state index contributed by atoms with van der Waals surface area (Å²) < 4.78 is 0. The van der Waals surface area contributed by atoms with E-state index in [1.807, 2.05) is 0 Å². The fourth-order valence-corrected chi connectivity index (χ4v) is 3.96. The number of hydrogen-bond donors (Lipinski definition) is 1. The average molecular weight is 297 g/mol. The fourth-order valence-electron chi connectivity index (χ4n) is 3.96. The molecule has 0 aromatic carbocycles. The van der Waals surface area contributed by atoms with Crippen molar-refractivity contribution in [3.8, 4) is 0 Å². The zero-order valence-electron chi connectivity index (χ0n) is 14.5. The first-order chi connectivity index (χ1) is 10.1. The molecule has 0 spiro atoms. The molecule has 0 aromatic rings. The molecule has 2 rings (SSSR count). The third-order valence-electron chi connectivity index (χ3n) is 5.33. The Kier molecular flexibility index (Phi) is 6.93. The predicted octanol–water partition coefficient (Wildman–Crippen LogP) is 1.34. The van der Waals surface area contributed by atoms with Gasteiger partial charge in [-0.2, -0.15) is 0 Å². The molecule has 2 aliphatic rings. The molecule has 4 nitrogen and oxygen atoms in total. The molecule has 124 valence electrons. The lowest BCUT2D eigenvalue weighted by Crippen LogP contribution is -2.52. The summed E-state index contributed by atoms with van der Waals surface area (Å²) in [6.07, 6.45) is 5.50. The van der Waals surface area contributed by atoms with Crippen molar-refractivity contribution in [2.24, 2.45) is 5.41 Å². The van der Waals surface area contributed by atoms with Crippen LogP contribution in [0.5, 0.6) is 0 Å². The van der Waals surface area contributed by atoms with E-state index >= 15 is 0 Å². The lowest BCUT2D eigenvalue weighted by Gasteiger charge is -2.44. The molecule has 0 aliphatic carbocycles. The van der Waals surface area contributed by atoms with Crippen LogP contribution in [0.4, 0.5) is 0 Å². The Labute approximate surface area is 131 Å². The molecular formula is C17H36N4. The van der Waals surface area contributed by atoms with Gasteiger partial charge in [-0.25, -0.2) is 0 Å². The van der Waals surface area contributed by atoms with E-state index in [0.717, 1.165) is 0 Å². The van der Waals surface area contributed by atoms with Gasteiger partial charge in [0.1, 0.15) is 0 Å². The second-order valence-electron chi connectivity index (χ2n) is 7.42. The second-order valence-corrected chi connectivity index (χ2v) is 7.42. The minimum atomic E-state index is 0.603. The minimum Gasteiger partial charge on any atom is -0.317 e. The Morgan fingerprint density at radius 1 is 1.00 bits per heavy atom. The van der Waals surface area contributed by atoms with Crippen molar-refractivity contribution in [2.45, 2.75) is 32.6 Å². The largest absolute Gasteiger partial charge is 0.317 e. The quantitative estimate of drug-likeness (QED) is 0.765. The molecule has 2 aliphatic heterocycles. The molecule has 0 amide bonds. The standard InChI is InChI=1S/C17H36N4/c1-4-5-17(6-8-18-9-7-17)16-21-14-12-20(13-15-21)11-10-19(2)3/h18H,4-16H2,1-3H3. The van der Waals surface area contributed by atoms with E-state index in [0.29, 0.717) is 5.41 Å². The minimum absolute atomic E-state index is 0.603. The van der Waals surface area contributed by atoms with Crippen LogP contribution in [0, 0.1) is 5.41 Å². The number of piperidine rings is 1. The van der Waals surface area contributed by atoms with Crippen molar-refractivity contribution in [3.63, 3.8) is 0 Å². The summed E-state index contributed by atoms with van der Waals surface area (Å²) in [5.74, 6) is 0. The van der Waals surface area contributed by atoms with Crippen molar-refractivity contribution in [1.29, 1.82) is 0 Å². The first-order valence-electron chi connectivity index (χ1n) is 8.94. The lowest BCUT2D eigenvalue weighted by atomic mass is 9.75. The van der Waals surface area contributed by atoms with Crippen molar-refractivity contribution in [2.75, 3.05) is 73.0 Å². The van der Waals surface area contributed by atoms with Gasteiger partial charge in [-0.15, -0.1) is 0 Å². The van der Waals surface area contributed by atoms with E-state index in [9.17, 15) is 0 Å². The summed E-state index contributed by atoms with van der Waals surface area (Å²) in [7, 11) is 4.34. The third-order valence-corrected chi connectivity index (χ3v) is 5.33. The second kappa shape index (κ2) is 8.47. The third kappa shape index (κ3) is 5.51. The zero-order valence-corrected chi connectivity index (χ0v) is 14.5. The van der Waals surface area contributed by atoms with Crippen LogP contribution in [0.25, 0.3) is 0 Å². The molecule has 4 heteroatoms. The smallest absolute Gasteiger partial charge is 0.0110 e. The number of rotatable bonds is 7. The number of piperazine rings is 1. The monoisotopic (exact) mass is 296 g/mol. The highest BCUT2D eigenvalue weighted by atomic mass is 15.3. The number of nitrogens with one attached hydrogen (secondary N) is 1. The average Bonchev–Trinajstić information content (AvgIpc) is 2.47. The molecule has 1 N–H and O–H groups in total. The topological polar surface area (TPSA) is 21.8 Å². The Morgan fingerprint density at radius 2 is 1.62 bits per heavy atom. The number of nitrogens with zero attached hydrogens (tertiary/aromatic N) is 3. The molecular weight excluding hydrogens is 260 g/mol. The first-order valence-corrected chi connectivity index (χ1v) is 8.94. The van der Waals surface area contributed by atoms with E-state index in [1.165, 1.54) is 84.6 Å². The number of hydrogen-bond acceptors (Lipinski definition) is 4. The molecule has 0 aromatic heterocycles. The molecule has 0 saturated carbocycles. The maximum absolute atomic E-state index is 3.54. The van der Waals surface area contributed by atoms with Gasteiger partial charge in [0.05, 0.1) is 0 Å². The van der Waals surface area contributed by atoms with Gasteiger partial charge in [0, 0.05) is 45.8 Å². The molecule has 21 heavy (non-hydrogen) atoms. The Bertz CT molecular complexity index is 273. The summed E-state index contributed by atoms with van der Waals surface area (Å²) in [6, 6.07) is 0. The molecule has 2 saturated heterocycles. The highest BCUT2D eigenvalue weighted by molar-refractivity contribution is 4.88. The van der Waals surface area contributed by atoms with Gasteiger partial charge in [0.15, 0.2) is 0 Å². The van der Waals surface area contributed by atoms with Gasteiger partial charge in [-0.1, -0.05) is 13.3 Å². The predicted molar refractivity (Wildman–Crippen MR) is 90.9 cm³/mol. The van der Waals surface area contributed by atoms with E-state index in [-0.39, 0.29) is 0 Å². The highest BCUT2D eigenvalue weighted by Gasteiger charge is 2.33. The van der Waals surface area contributed by atoms with Crippen molar-refractivity contribution < 1.29 is 0 Å². The van der Waals surface area contributed by atoms with Gasteiger partial charge < -0.3 is 15.1 Å². The molecule has 2 fully saturated rings. The SMILES string of the molecule is CCCC1(CN2CCN(CCN(C)C)CC2)CCNCC1. The Hall–Kier alpha value is -0.160. The maximum Gasteiger partial charge on any atom is 0.0110 e. The molecule has 0 bridgehead atoms. The lowest BCUT2D eigenvalue weighted by molar-refractivity contribution is 0.0588. The maximum atomic E-state index is 3.54. The van der Waals surface area contributed by atoms with E-state index in [4.69, 9.17) is 0 Å². The summed E-state index contributed by atoms with van der Waals surface area (Å²) in [6.45, 7) is 13.6. The summed E-state index contributed by atoms with van der Waals surface area (Å²) in [5.41, 5.74) is 0.603. The molecule has 0 atom stereocenters. The summed E-state index contributed by atoms with van der Waals surface area (Å²) >= 11 is 0. The summed E-state index contributed by atoms with van der Waals surface area (Å²) in [4.78, 5) is 7.66. The van der Waals surface area contributed by atoms with E-state index in [1.54, 1.807) is 0 Å². The van der Waals surface area contributed by atoms with Crippen LogP contribution in [-0.2, 0) is 0 Å². The van der Waals surface area contributed by atoms with Crippen LogP contribution in [-0.4, -0.2) is 87.7 Å². The van der Waals surface area contributed by atoms with Gasteiger partial charge in [0.2, 0.25) is 0 Å². The fraction of sp³-hybridized carbons (Fsp3) is 1.00. The van der Waals surface area contributed by atoms with Crippen LogP contribution in [0.1, 0.15) is 32.6 Å². The van der Waals surface area contributed by atoms with Crippen LogP contribution < -0.4 is 5.32 Å². The molecule has 0 radical (unpaired) electrons. The highest BCUT2D eigenvalue weighted by Crippen LogP contribution is 2.35. The first kappa shape index (κ1) is 17.2. The van der Waals surface area contributed by atoms with Crippen LogP contribution >= 0.6 is 0 Å². The van der Waals surface area contributed by atoms with E-state index < -0.39 is 0 Å². The van der Waals surface area contributed by atoms with Crippen LogP contribution in [0.2, 0.25) is 0 Å². The van der Waals surface area contributed by atoms with Gasteiger partial charge in [-0.3, -0.25) is 4.90 Å². The Balaban J connectivity index is 1.76. The van der Waals surface area contributed by atoms with Crippen LogP contribution in [0.3, 0.4) is 0 Å². The van der Waals surface area contributed by atoms with E-state index in [2.05, 4.69) is 41.0 Å². The van der Waals surface area contributed by atoms with Gasteiger partial charge >= 0.3 is 0 Å². The van der Waals surface area contributed by atoms with Crippen LogP contribution in [0.15, 0.2) is 0 Å². The molecule has 0 unspecified atom stereocenters.